The predicted octanol–water partition coefficient (Wildman–Crippen LogP) is 2.77. The molecule has 1 saturated heterocycles. The number of nitrogens with one attached hydrogen (secondary N) is 2. The van der Waals surface area contributed by atoms with Gasteiger partial charge in [-0.05, 0) is 48.2 Å². The minimum Gasteiger partial charge on any atom is -0.333 e. The topological polar surface area (TPSA) is 78.5 Å². The normalized spacial score (nSPS) is 16.1. The second-order valence-electron chi connectivity index (χ2n) is 6.00. The Morgan fingerprint density at radius 3 is 2.60 bits per heavy atom. The summed E-state index contributed by atoms with van der Waals surface area (Å²) in [7, 11) is -3.45. The van der Waals surface area contributed by atoms with Crippen molar-refractivity contribution in [2.24, 2.45) is 0 Å². The fourth-order valence-corrected chi connectivity index (χ4v) is 5.91. The van der Waals surface area contributed by atoms with E-state index in [-0.39, 0.29) is 12.1 Å². The zero-order chi connectivity index (χ0) is 17.9. The van der Waals surface area contributed by atoms with E-state index >= 15 is 0 Å². The molecule has 0 radical (unpaired) electrons. The van der Waals surface area contributed by atoms with Crippen molar-refractivity contribution in [1.82, 2.24) is 14.9 Å². The summed E-state index contributed by atoms with van der Waals surface area (Å²) in [6, 6.07) is 5.14. The second kappa shape index (κ2) is 7.86. The Labute approximate surface area is 155 Å². The van der Waals surface area contributed by atoms with Crippen LogP contribution in [0.5, 0.6) is 0 Å². The molecule has 3 rings (SSSR count). The van der Waals surface area contributed by atoms with Crippen LogP contribution in [0, 0.1) is 6.92 Å². The molecule has 1 aliphatic heterocycles. The van der Waals surface area contributed by atoms with Gasteiger partial charge < -0.3 is 10.2 Å². The van der Waals surface area contributed by atoms with E-state index in [2.05, 4.69) is 10.0 Å². The Bertz CT molecular complexity index is 807. The highest BCUT2D eigenvalue weighted by Crippen LogP contribution is 2.19. The van der Waals surface area contributed by atoms with Gasteiger partial charge in [0.15, 0.2) is 0 Å². The molecule has 0 spiro atoms. The van der Waals surface area contributed by atoms with E-state index < -0.39 is 10.0 Å². The number of hydrogen-bond donors (Lipinski definition) is 2. The van der Waals surface area contributed by atoms with Crippen LogP contribution in [0.3, 0.4) is 0 Å². The smallest absolute Gasteiger partial charge is 0.317 e. The molecule has 0 aliphatic carbocycles. The van der Waals surface area contributed by atoms with Gasteiger partial charge in [0.05, 0.1) is 6.54 Å². The van der Waals surface area contributed by atoms with E-state index in [1.54, 1.807) is 33.7 Å². The second-order valence-corrected chi connectivity index (χ2v) is 9.89. The van der Waals surface area contributed by atoms with Crippen LogP contribution in [-0.4, -0.2) is 38.5 Å². The van der Waals surface area contributed by atoms with Gasteiger partial charge in [0.1, 0.15) is 4.21 Å². The molecule has 0 atom stereocenters. The molecule has 1 aliphatic rings. The van der Waals surface area contributed by atoms with Gasteiger partial charge >= 0.3 is 6.03 Å². The summed E-state index contributed by atoms with van der Waals surface area (Å²) in [5.74, 6) is 0. The van der Waals surface area contributed by atoms with Gasteiger partial charge in [-0.15, -0.1) is 22.7 Å². The largest absolute Gasteiger partial charge is 0.333 e. The van der Waals surface area contributed by atoms with Gasteiger partial charge in [-0.25, -0.2) is 17.9 Å². The first-order chi connectivity index (χ1) is 12.0. The maximum Gasteiger partial charge on any atom is 0.317 e. The minimum absolute atomic E-state index is 0.0904. The van der Waals surface area contributed by atoms with Gasteiger partial charge in [-0.3, -0.25) is 0 Å². The molecule has 0 unspecified atom stereocenters. The number of hydrogen-bond acceptors (Lipinski definition) is 5. The summed E-state index contributed by atoms with van der Waals surface area (Å²) in [6.07, 6.45) is 1.24. The highest BCUT2D eigenvalue weighted by Gasteiger charge is 2.27. The van der Waals surface area contributed by atoms with Crippen molar-refractivity contribution >= 4 is 38.7 Å². The van der Waals surface area contributed by atoms with Gasteiger partial charge in [0.25, 0.3) is 0 Å². The van der Waals surface area contributed by atoms with Crippen LogP contribution in [0.2, 0.25) is 0 Å². The summed E-state index contributed by atoms with van der Waals surface area (Å²) < 4.78 is 27.6. The van der Waals surface area contributed by atoms with Crippen molar-refractivity contribution in [1.29, 1.82) is 0 Å². The number of aryl methyl sites for hydroxylation is 1. The molecule has 6 nitrogen and oxygen atoms in total. The van der Waals surface area contributed by atoms with Crippen molar-refractivity contribution in [2.45, 2.75) is 36.6 Å². The lowest BCUT2D eigenvalue weighted by Crippen LogP contribution is -2.49. The number of urea groups is 1. The van der Waals surface area contributed by atoms with Crippen LogP contribution in [0.4, 0.5) is 4.79 Å². The van der Waals surface area contributed by atoms with Crippen LogP contribution in [-0.2, 0) is 16.6 Å². The molecule has 2 aromatic heterocycles. The Morgan fingerprint density at radius 1 is 1.24 bits per heavy atom. The molecular formula is C16H21N3O3S3. The van der Waals surface area contributed by atoms with Crippen LogP contribution >= 0.6 is 22.7 Å². The van der Waals surface area contributed by atoms with Crippen LogP contribution < -0.4 is 10.0 Å². The average Bonchev–Trinajstić information content (AvgIpc) is 3.25. The number of likely N-dealkylation sites (tertiary alicyclic amines) is 1. The third-order valence-corrected chi connectivity index (χ3v) is 8.17. The first-order valence-corrected chi connectivity index (χ1v) is 11.3. The summed E-state index contributed by atoms with van der Waals surface area (Å²) in [4.78, 5) is 15.2. The molecule has 0 aromatic carbocycles. The third-order valence-electron chi connectivity index (χ3n) is 4.23. The Kier molecular flexibility index (Phi) is 5.78. The number of carbonyl (C=O) groups is 1. The minimum atomic E-state index is -3.45. The lowest BCUT2D eigenvalue weighted by molar-refractivity contribution is 0.179. The third kappa shape index (κ3) is 4.60. The fraction of sp³-hybridized carbons (Fsp3) is 0.438. The van der Waals surface area contributed by atoms with E-state index in [1.165, 1.54) is 16.9 Å². The summed E-state index contributed by atoms with van der Waals surface area (Å²) in [5.41, 5.74) is 1.19. The quantitative estimate of drug-likeness (QED) is 0.811. The molecule has 2 aromatic rings. The molecule has 1 fully saturated rings. The fourth-order valence-electron chi connectivity index (χ4n) is 2.75. The Morgan fingerprint density at radius 2 is 2.00 bits per heavy atom. The summed E-state index contributed by atoms with van der Waals surface area (Å²) in [5, 5.41) is 6.70. The van der Waals surface area contributed by atoms with Crippen molar-refractivity contribution in [3.8, 4) is 0 Å². The zero-order valence-electron chi connectivity index (χ0n) is 13.9. The lowest BCUT2D eigenvalue weighted by atomic mass is 10.1. The molecule has 9 heteroatoms. The zero-order valence-corrected chi connectivity index (χ0v) is 16.3. The molecule has 0 saturated carbocycles. The Hall–Kier alpha value is -1.42. The number of piperidine rings is 1. The van der Waals surface area contributed by atoms with Crippen molar-refractivity contribution in [3.63, 3.8) is 0 Å². The van der Waals surface area contributed by atoms with Gasteiger partial charge in [-0.1, -0.05) is 6.07 Å². The van der Waals surface area contributed by atoms with Crippen LogP contribution in [0.25, 0.3) is 0 Å². The molecule has 25 heavy (non-hydrogen) atoms. The van der Waals surface area contributed by atoms with Crippen molar-refractivity contribution in [3.05, 3.63) is 39.4 Å². The van der Waals surface area contributed by atoms with Gasteiger partial charge in [-0.2, -0.15) is 0 Å². The maximum absolute atomic E-state index is 12.3. The van der Waals surface area contributed by atoms with E-state index in [0.717, 1.165) is 4.88 Å². The van der Waals surface area contributed by atoms with E-state index in [9.17, 15) is 13.2 Å². The molecular weight excluding hydrogens is 378 g/mol. The van der Waals surface area contributed by atoms with E-state index in [4.69, 9.17) is 0 Å². The standard InChI is InChI=1S/C16H21N3O3S3/c1-12-6-10-23-14(12)11-17-16(20)19-7-4-13(5-8-19)18-25(21,22)15-3-2-9-24-15/h2-3,6,9-10,13,18H,4-5,7-8,11H2,1H3,(H,17,20). The summed E-state index contributed by atoms with van der Waals surface area (Å²) in [6.45, 7) is 3.66. The SMILES string of the molecule is Cc1ccsc1CNC(=O)N1CCC(NS(=O)(=O)c2cccs2)CC1. The van der Waals surface area contributed by atoms with E-state index in [0.29, 0.717) is 36.7 Å². The maximum atomic E-state index is 12.3. The molecule has 3 heterocycles. The van der Waals surface area contributed by atoms with Crippen molar-refractivity contribution in [2.75, 3.05) is 13.1 Å². The number of sulfonamides is 1. The van der Waals surface area contributed by atoms with Crippen LogP contribution in [0.1, 0.15) is 23.3 Å². The molecule has 136 valence electrons. The first kappa shape index (κ1) is 18.4. The number of nitrogens with zero attached hydrogens (tertiary/aromatic N) is 1. The Balaban J connectivity index is 1.47. The molecule has 2 N–H and O–H groups in total. The molecule has 0 bridgehead atoms. The number of amides is 2. The predicted molar refractivity (Wildman–Crippen MR) is 101 cm³/mol. The number of carbonyl (C=O) groups excluding carboxylic acids is 1. The average molecular weight is 400 g/mol. The number of rotatable bonds is 5. The molecule has 2 amide bonds. The highest BCUT2D eigenvalue weighted by atomic mass is 32.2. The highest BCUT2D eigenvalue weighted by molar-refractivity contribution is 7.91. The number of thiophene rings is 2. The van der Waals surface area contributed by atoms with Gasteiger partial charge in [0.2, 0.25) is 10.0 Å². The first-order valence-electron chi connectivity index (χ1n) is 8.07. The summed E-state index contributed by atoms with van der Waals surface area (Å²) >= 11 is 2.84. The van der Waals surface area contributed by atoms with Gasteiger partial charge in [0, 0.05) is 24.0 Å². The van der Waals surface area contributed by atoms with E-state index in [1.807, 2.05) is 18.4 Å². The van der Waals surface area contributed by atoms with Crippen LogP contribution in [0.15, 0.2) is 33.2 Å². The van der Waals surface area contributed by atoms with Crippen molar-refractivity contribution < 1.29 is 13.2 Å². The lowest BCUT2D eigenvalue weighted by Gasteiger charge is -2.32. The monoisotopic (exact) mass is 399 g/mol.